The van der Waals surface area contributed by atoms with E-state index in [4.69, 9.17) is 4.84 Å². The van der Waals surface area contributed by atoms with Crippen LogP contribution in [0.15, 0.2) is 48.5 Å². The lowest BCUT2D eigenvalue weighted by atomic mass is 10.1. The van der Waals surface area contributed by atoms with Crippen molar-refractivity contribution >= 4 is 17.8 Å². The molecule has 0 bridgehead atoms. The molecule has 0 saturated heterocycles. The second-order valence-corrected chi connectivity index (χ2v) is 7.15. The molecule has 3 aromatic rings. The van der Waals surface area contributed by atoms with Gasteiger partial charge in [-0.15, -0.1) is 0 Å². The van der Waals surface area contributed by atoms with Gasteiger partial charge < -0.3 is 4.84 Å². The highest BCUT2D eigenvalue weighted by Crippen LogP contribution is 2.30. The van der Waals surface area contributed by atoms with Crippen LogP contribution in [-0.4, -0.2) is 32.6 Å². The molecule has 0 unspecified atom stereocenters. The quantitative estimate of drug-likeness (QED) is 0.645. The van der Waals surface area contributed by atoms with E-state index in [1.165, 1.54) is 12.1 Å². The number of amides is 2. The molecule has 0 radical (unpaired) electrons. The first-order valence-electron chi connectivity index (χ1n) is 9.43. The van der Waals surface area contributed by atoms with Crippen molar-refractivity contribution in [2.45, 2.75) is 26.2 Å². The lowest BCUT2D eigenvalue weighted by Gasteiger charge is -2.12. The van der Waals surface area contributed by atoms with E-state index in [1.807, 2.05) is 31.2 Å². The van der Waals surface area contributed by atoms with Gasteiger partial charge in [0.05, 0.1) is 16.8 Å². The number of para-hydroxylation sites is 1. The van der Waals surface area contributed by atoms with Crippen molar-refractivity contribution in [1.82, 2.24) is 14.8 Å². The average molecular weight is 387 g/mol. The third-order valence-corrected chi connectivity index (χ3v) is 5.40. The summed E-state index contributed by atoms with van der Waals surface area (Å²) in [5.41, 5.74) is 4.30. The Morgan fingerprint density at radius 1 is 0.966 bits per heavy atom. The normalized spacial score (nSPS) is 14.9. The monoisotopic (exact) mass is 387 g/mol. The summed E-state index contributed by atoms with van der Waals surface area (Å²) in [4.78, 5) is 43.1. The molecular formula is C22H17N3O4. The molecule has 1 aliphatic carbocycles. The molecule has 0 atom stereocenters. The van der Waals surface area contributed by atoms with E-state index in [9.17, 15) is 14.4 Å². The van der Waals surface area contributed by atoms with Gasteiger partial charge in [-0.05, 0) is 49.9 Å². The molecule has 144 valence electrons. The van der Waals surface area contributed by atoms with Crippen molar-refractivity contribution in [2.75, 3.05) is 0 Å². The maximum Gasteiger partial charge on any atom is 0.384 e. The SMILES string of the molecule is Cc1ccccc1-n1nc(C(=O)ON2C(=O)c3ccccc3C2=O)c2c1CCC2. The van der Waals surface area contributed by atoms with Crippen LogP contribution in [0.1, 0.15) is 54.4 Å². The Hall–Kier alpha value is -3.74. The standard InChI is InChI=1S/C22H17N3O4/c1-13-7-2-5-11-17(13)24-18-12-6-10-16(18)19(23-24)22(28)29-25-20(26)14-8-3-4-9-15(14)21(25)27/h2-5,7-9,11H,6,10,12H2,1H3. The van der Waals surface area contributed by atoms with Gasteiger partial charge >= 0.3 is 5.97 Å². The van der Waals surface area contributed by atoms with Crippen LogP contribution in [0, 0.1) is 6.92 Å². The zero-order valence-electron chi connectivity index (χ0n) is 15.7. The van der Waals surface area contributed by atoms with Crippen molar-refractivity contribution in [3.8, 4) is 5.69 Å². The fourth-order valence-electron chi connectivity index (χ4n) is 3.98. The molecule has 2 aromatic carbocycles. The Kier molecular flexibility index (Phi) is 3.84. The second kappa shape index (κ2) is 6.41. The number of fused-ring (bicyclic) bond motifs is 2. The number of carbonyl (C=O) groups excluding carboxylic acids is 3. The van der Waals surface area contributed by atoms with Gasteiger partial charge in [0.25, 0.3) is 11.8 Å². The lowest BCUT2D eigenvalue weighted by molar-refractivity contribution is -0.0589. The second-order valence-electron chi connectivity index (χ2n) is 7.15. The molecule has 1 aromatic heterocycles. The van der Waals surface area contributed by atoms with Crippen LogP contribution in [0.2, 0.25) is 0 Å². The van der Waals surface area contributed by atoms with Crippen molar-refractivity contribution < 1.29 is 19.2 Å². The number of nitrogens with zero attached hydrogens (tertiary/aromatic N) is 3. The van der Waals surface area contributed by atoms with Crippen LogP contribution < -0.4 is 0 Å². The molecule has 0 saturated carbocycles. The van der Waals surface area contributed by atoms with Crippen molar-refractivity contribution in [1.29, 1.82) is 0 Å². The molecule has 7 heteroatoms. The Labute approximate surface area is 166 Å². The molecule has 2 aliphatic rings. The van der Waals surface area contributed by atoms with Gasteiger partial charge in [-0.2, -0.15) is 5.10 Å². The Bertz CT molecular complexity index is 1160. The summed E-state index contributed by atoms with van der Waals surface area (Å²) in [6.07, 6.45) is 2.41. The van der Waals surface area contributed by atoms with E-state index >= 15 is 0 Å². The molecule has 0 fully saturated rings. The van der Waals surface area contributed by atoms with Crippen molar-refractivity contribution in [2.24, 2.45) is 0 Å². The molecule has 1 aliphatic heterocycles. The minimum atomic E-state index is -0.801. The molecule has 2 amide bonds. The topological polar surface area (TPSA) is 81.5 Å². The van der Waals surface area contributed by atoms with Crippen LogP contribution in [0.3, 0.4) is 0 Å². The number of hydrogen-bond donors (Lipinski definition) is 0. The van der Waals surface area contributed by atoms with Gasteiger partial charge in [-0.1, -0.05) is 35.4 Å². The first-order valence-corrected chi connectivity index (χ1v) is 9.43. The smallest absolute Gasteiger partial charge is 0.322 e. The minimum Gasteiger partial charge on any atom is -0.322 e. The van der Waals surface area contributed by atoms with Crippen LogP contribution in [0.4, 0.5) is 0 Å². The van der Waals surface area contributed by atoms with Crippen LogP contribution in [0.5, 0.6) is 0 Å². The first kappa shape index (κ1) is 17.4. The van der Waals surface area contributed by atoms with Gasteiger partial charge in [0.2, 0.25) is 0 Å². The first-order chi connectivity index (χ1) is 14.1. The fourth-order valence-corrected chi connectivity index (χ4v) is 3.98. The van der Waals surface area contributed by atoms with Gasteiger partial charge in [0.1, 0.15) is 0 Å². The highest BCUT2D eigenvalue weighted by Gasteiger charge is 2.40. The Morgan fingerprint density at radius 3 is 2.31 bits per heavy atom. The van der Waals surface area contributed by atoms with Crippen LogP contribution in [-0.2, 0) is 17.7 Å². The summed E-state index contributed by atoms with van der Waals surface area (Å²) in [7, 11) is 0. The molecule has 5 rings (SSSR count). The summed E-state index contributed by atoms with van der Waals surface area (Å²) in [5.74, 6) is -2.09. The summed E-state index contributed by atoms with van der Waals surface area (Å²) in [5, 5.41) is 5.03. The average Bonchev–Trinajstić information content (AvgIpc) is 3.39. The van der Waals surface area contributed by atoms with E-state index in [-0.39, 0.29) is 16.8 Å². The van der Waals surface area contributed by atoms with Gasteiger partial charge in [-0.3, -0.25) is 9.59 Å². The predicted molar refractivity (Wildman–Crippen MR) is 103 cm³/mol. The van der Waals surface area contributed by atoms with Gasteiger partial charge in [0.15, 0.2) is 5.69 Å². The number of rotatable bonds is 3. The summed E-state index contributed by atoms with van der Waals surface area (Å²) >= 11 is 0. The van der Waals surface area contributed by atoms with E-state index < -0.39 is 17.8 Å². The molecule has 2 heterocycles. The Morgan fingerprint density at radius 2 is 1.62 bits per heavy atom. The maximum absolute atomic E-state index is 12.9. The minimum absolute atomic E-state index is 0.150. The number of carbonyl (C=O) groups is 3. The number of imide groups is 1. The Balaban J connectivity index is 1.49. The summed E-state index contributed by atoms with van der Waals surface area (Å²) in [6, 6.07) is 14.2. The number of benzene rings is 2. The number of aromatic nitrogens is 2. The third-order valence-electron chi connectivity index (χ3n) is 5.40. The van der Waals surface area contributed by atoms with Gasteiger partial charge in [-0.25, -0.2) is 9.48 Å². The van der Waals surface area contributed by atoms with Crippen molar-refractivity contribution in [3.63, 3.8) is 0 Å². The molecule has 7 nitrogen and oxygen atoms in total. The van der Waals surface area contributed by atoms with E-state index in [2.05, 4.69) is 5.10 Å². The fraction of sp³-hybridized carbons (Fsp3) is 0.182. The number of aryl methyl sites for hydroxylation is 1. The highest BCUT2D eigenvalue weighted by atomic mass is 16.7. The van der Waals surface area contributed by atoms with Crippen LogP contribution in [0.25, 0.3) is 5.69 Å². The molecule has 0 N–H and O–H groups in total. The van der Waals surface area contributed by atoms with Gasteiger partial charge in [0, 0.05) is 11.3 Å². The molecule has 29 heavy (non-hydrogen) atoms. The third kappa shape index (κ3) is 2.58. The molecule has 0 spiro atoms. The summed E-state index contributed by atoms with van der Waals surface area (Å²) < 4.78 is 1.77. The van der Waals surface area contributed by atoms with E-state index in [0.29, 0.717) is 11.5 Å². The maximum atomic E-state index is 12.9. The zero-order chi connectivity index (χ0) is 20.1. The summed E-state index contributed by atoms with van der Waals surface area (Å²) in [6.45, 7) is 1.98. The lowest BCUT2D eigenvalue weighted by Crippen LogP contribution is -2.33. The number of hydroxylamine groups is 2. The van der Waals surface area contributed by atoms with Crippen LogP contribution >= 0.6 is 0 Å². The van der Waals surface area contributed by atoms with E-state index in [0.717, 1.165) is 35.3 Å². The molecular weight excluding hydrogens is 370 g/mol. The highest BCUT2D eigenvalue weighted by molar-refractivity contribution is 6.21. The van der Waals surface area contributed by atoms with Crippen molar-refractivity contribution in [3.05, 3.63) is 82.2 Å². The largest absolute Gasteiger partial charge is 0.384 e. The predicted octanol–water partition coefficient (Wildman–Crippen LogP) is 3.04. The number of hydrogen-bond acceptors (Lipinski definition) is 5. The zero-order valence-corrected chi connectivity index (χ0v) is 15.7. The van der Waals surface area contributed by atoms with E-state index in [1.54, 1.807) is 16.8 Å².